The number of hydrogen-bond donors (Lipinski definition) is 0. The number of aryl methyl sites for hydroxylation is 2. The van der Waals surface area contributed by atoms with Crippen LogP contribution >= 0.6 is 0 Å². The van der Waals surface area contributed by atoms with Crippen molar-refractivity contribution in [1.82, 2.24) is 0 Å². The van der Waals surface area contributed by atoms with E-state index in [0.29, 0.717) is 0 Å². The number of carbonyl (C=O) groups is 1. The van der Waals surface area contributed by atoms with Gasteiger partial charge in [0.25, 0.3) is 0 Å². The Morgan fingerprint density at radius 2 is 1.76 bits per heavy atom. The quantitative estimate of drug-likeness (QED) is 0.718. The number of benzene rings is 2. The third kappa shape index (κ3) is 2.10. The average molecular weight is 226 g/mol. The lowest BCUT2D eigenvalue weighted by Gasteiger charge is -2.11. The van der Waals surface area contributed by atoms with Crippen LogP contribution in [0, 0.1) is 0 Å². The molecule has 88 valence electrons. The SMILES string of the molecule is CCc1ccc2ccc(C(C)=O)cc2c1CC. The molecule has 2 aromatic rings. The van der Waals surface area contributed by atoms with Gasteiger partial charge in [0.05, 0.1) is 0 Å². The Labute approximate surface area is 102 Å². The average Bonchev–Trinajstić information content (AvgIpc) is 2.36. The number of hydrogen-bond acceptors (Lipinski definition) is 1. The molecule has 0 aliphatic heterocycles. The summed E-state index contributed by atoms with van der Waals surface area (Å²) in [7, 11) is 0. The van der Waals surface area contributed by atoms with E-state index in [4.69, 9.17) is 0 Å². The lowest BCUT2D eigenvalue weighted by molar-refractivity contribution is 0.101. The zero-order valence-corrected chi connectivity index (χ0v) is 10.7. The second-order valence-electron chi connectivity index (χ2n) is 4.40. The molecular weight excluding hydrogens is 208 g/mol. The summed E-state index contributed by atoms with van der Waals surface area (Å²) in [5.74, 6) is 0.135. The largest absolute Gasteiger partial charge is 0.295 e. The van der Waals surface area contributed by atoms with Crippen LogP contribution in [0.2, 0.25) is 0 Å². The minimum absolute atomic E-state index is 0.135. The monoisotopic (exact) mass is 226 g/mol. The van der Waals surface area contributed by atoms with Gasteiger partial charge in [-0.05, 0) is 47.7 Å². The molecule has 0 unspecified atom stereocenters. The van der Waals surface area contributed by atoms with E-state index in [9.17, 15) is 4.79 Å². The lowest BCUT2D eigenvalue weighted by atomic mass is 9.94. The van der Waals surface area contributed by atoms with E-state index in [0.717, 1.165) is 18.4 Å². The van der Waals surface area contributed by atoms with Gasteiger partial charge in [0.2, 0.25) is 0 Å². The molecule has 0 aromatic heterocycles. The molecule has 2 aromatic carbocycles. The maximum Gasteiger partial charge on any atom is 0.159 e. The number of rotatable bonds is 3. The van der Waals surface area contributed by atoms with Crippen molar-refractivity contribution in [3.63, 3.8) is 0 Å². The van der Waals surface area contributed by atoms with Gasteiger partial charge in [-0.2, -0.15) is 0 Å². The first kappa shape index (κ1) is 11.8. The molecule has 0 radical (unpaired) electrons. The van der Waals surface area contributed by atoms with Gasteiger partial charge in [-0.25, -0.2) is 0 Å². The van der Waals surface area contributed by atoms with Crippen molar-refractivity contribution in [2.75, 3.05) is 0 Å². The minimum atomic E-state index is 0.135. The van der Waals surface area contributed by atoms with Gasteiger partial charge in [0.1, 0.15) is 0 Å². The highest BCUT2D eigenvalue weighted by Gasteiger charge is 2.07. The summed E-state index contributed by atoms with van der Waals surface area (Å²) < 4.78 is 0. The van der Waals surface area contributed by atoms with Crippen LogP contribution in [0.3, 0.4) is 0 Å². The van der Waals surface area contributed by atoms with Gasteiger partial charge in [0.15, 0.2) is 5.78 Å². The first-order valence-electron chi connectivity index (χ1n) is 6.22. The van der Waals surface area contributed by atoms with Crippen LogP contribution in [0.25, 0.3) is 10.8 Å². The second kappa shape index (κ2) is 4.70. The van der Waals surface area contributed by atoms with E-state index in [1.54, 1.807) is 6.92 Å². The highest BCUT2D eigenvalue weighted by atomic mass is 16.1. The maximum absolute atomic E-state index is 11.4. The predicted octanol–water partition coefficient (Wildman–Crippen LogP) is 4.17. The molecule has 0 atom stereocenters. The third-order valence-electron chi connectivity index (χ3n) is 3.37. The number of fused-ring (bicyclic) bond motifs is 1. The van der Waals surface area contributed by atoms with Crippen molar-refractivity contribution in [1.29, 1.82) is 0 Å². The molecule has 17 heavy (non-hydrogen) atoms. The van der Waals surface area contributed by atoms with E-state index in [1.165, 1.54) is 21.9 Å². The Kier molecular flexibility index (Phi) is 3.28. The molecule has 0 fully saturated rings. The van der Waals surface area contributed by atoms with Crippen molar-refractivity contribution in [3.05, 3.63) is 47.0 Å². The van der Waals surface area contributed by atoms with Gasteiger partial charge < -0.3 is 0 Å². The fraction of sp³-hybridized carbons (Fsp3) is 0.312. The summed E-state index contributed by atoms with van der Waals surface area (Å²) in [6, 6.07) is 10.3. The molecule has 0 bridgehead atoms. The zero-order chi connectivity index (χ0) is 12.4. The predicted molar refractivity (Wildman–Crippen MR) is 72.7 cm³/mol. The lowest BCUT2D eigenvalue weighted by Crippen LogP contribution is -1.96. The van der Waals surface area contributed by atoms with Crippen molar-refractivity contribution in [3.8, 4) is 0 Å². The van der Waals surface area contributed by atoms with Crippen molar-refractivity contribution >= 4 is 16.6 Å². The van der Waals surface area contributed by atoms with Crippen LogP contribution in [-0.4, -0.2) is 5.78 Å². The van der Waals surface area contributed by atoms with Gasteiger partial charge in [0, 0.05) is 5.56 Å². The van der Waals surface area contributed by atoms with Gasteiger partial charge in [-0.3, -0.25) is 4.79 Å². The second-order valence-corrected chi connectivity index (χ2v) is 4.40. The molecule has 0 heterocycles. The Balaban J connectivity index is 2.75. The summed E-state index contributed by atoms with van der Waals surface area (Å²) in [6.07, 6.45) is 2.06. The molecule has 0 N–H and O–H groups in total. The third-order valence-corrected chi connectivity index (χ3v) is 3.37. The maximum atomic E-state index is 11.4. The fourth-order valence-electron chi connectivity index (χ4n) is 2.39. The van der Waals surface area contributed by atoms with Crippen LogP contribution in [0.4, 0.5) is 0 Å². The molecule has 0 aliphatic rings. The van der Waals surface area contributed by atoms with E-state index in [2.05, 4.69) is 26.0 Å². The van der Waals surface area contributed by atoms with Gasteiger partial charge in [-0.1, -0.05) is 38.1 Å². The molecule has 1 heteroatoms. The minimum Gasteiger partial charge on any atom is -0.295 e. The van der Waals surface area contributed by atoms with Crippen molar-refractivity contribution < 1.29 is 4.79 Å². The van der Waals surface area contributed by atoms with Crippen LogP contribution in [-0.2, 0) is 12.8 Å². The van der Waals surface area contributed by atoms with Crippen molar-refractivity contribution in [2.45, 2.75) is 33.6 Å². The summed E-state index contributed by atoms with van der Waals surface area (Å²) in [5.41, 5.74) is 3.58. The number of ketones is 1. The molecule has 2 rings (SSSR count). The molecule has 0 saturated carbocycles. The Bertz CT molecular complexity index is 567. The van der Waals surface area contributed by atoms with Crippen LogP contribution in [0.1, 0.15) is 42.3 Å². The zero-order valence-electron chi connectivity index (χ0n) is 10.7. The Morgan fingerprint density at radius 1 is 1.06 bits per heavy atom. The summed E-state index contributed by atoms with van der Waals surface area (Å²) in [5, 5.41) is 2.46. The van der Waals surface area contributed by atoms with E-state index in [-0.39, 0.29) is 5.78 Å². The van der Waals surface area contributed by atoms with Crippen LogP contribution < -0.4 is 0 Å². The number of Topliss-reactive ketones (excluding diaryl/α,β-unsaturated/α-hetero) is 1. The van der Waals surface area contributed by atoms with Crippen LogP contribution in [0.15, 0.2) is 30.3 Å². The van der Waals surface area contributed by atoms with Crippen molar-refractivity contribution in [2.24, 2.45) is 0 Å². The first-order chi connectivity index (χ1) is 8.17. The Hall–Kier alpha value is -1.63. The topological polar surface area (TPSA) is 17.1 Å². The number of carbonyl (C=O) groups excluding carboxylic acids is 1. The standard InChI is InChI=1S/C16H18O/c1-4-12-6-7-13-8-9-14(11(3)17)10-16(13)15(12)5-2/h6-10H,4-5H2,1-3H3. The summed E-state index contributed by atoms with van der Waals surface area (Å²) >= 11 is 0. The first-order valence-corrected chi connectivity index (χ1v) is 6.22. The van der Waals surface area contributed by atoms with Gasteiger partial charge >= 0.3 is 0 Å². The van der Waals surface area contributed by atoms with E-state index >= 15 is 0 Å². The van der Waals surface area contributed by atoms with Crippen LogP contribution in [0.5, 0.6) is 0 Å². The normalized spacial score (nSPS) is 10.8. The molecule has 0 amide bonds. The molecule has 0 spiro atoms. The van der Waals surface area contributed by atoms with Gasteiger partial charge in [-0.15, -0.1) is 0 Å². The molecular formula is C16H18O. The Morgan fingerprint density at radius 3 is 2.35 bits per heavy atom. The fourth-order valence-corrected chi connectivity index (χ4v) is 2.39. The smallest absolute Gasteiger partial charge is 0.159 e. The van der Waals surface area contributed by atoms with E-state index < -0.39 is 0 Å². The highest BCUT2D eigenvalue weighted by molar-refractivity contribution is 5.99. The van der Waals surface area contributed by atoms with E-state index in [1.807, 2.05) is 18.2 Å². The highest BCUT2D eigenvalue weighted by Crippen LogP contribution is 2.25. The molecule has 0 aliphatic carbocycles. The summed E-state index contributed by atoms with van der Waals surface area (Å²) in [6.45, 7) is 5.97. The summed E-state index contributed by atoms with van der Waals surface area (Å²) in [4.78, 5) is 11.4. The molecule has 1 nitrogen and oxygen atoms in total. The molecule has 0 saturated heterocycles.